The highest BCUT2D eigenvalue weighted by Gasteiger charge is 2.24. The number of aromatic nitrogens is 3. The highest BCUT2D eigenvalue weighted by Crippen LogP contribution is 2.28. The quantitative estimate of drug-likeness (QED) is 0.396. The lowest BCUT2D eigenvalue weighted by atomic mass is 10.1. The van der Waals surface area contributed by atoms with E-state index in [4.69, 9.17) is 4.74 Å². The minimum Gasteiger partial charge on any atom is -0.383 e. The summed E-state index contributed by atoms with van der Waals surface area (Å²) in [6.45, 7) is 9.32. The van der Waals surface area contributed by atoms with Gasteiger partial charge in [-0.05, 0) is 30.7 Å². The number of carbonyl (C=O) groups is 1. The molecule has 1 aliphatic rings. The Labute approximate surface area is 212 Å². The largest absolute Gasteiger partial charge is 0.383 e. The molecule has 1 aromatic heterocycles. The molecule has 186 valence electrons. The van der Waals surface area contributed by atoms with Gasteiger partial charge in [-0.25, -0.2) is 0 Å². The number of hydrogen-bond acceptors (Lipinski definition) is 6. The summed E-state index contributed by atoms with van der Waals surface area (Å²) in [5, 5.41) is 9.91. The summed E-state index contributed by atoms with van der Waals surface area (Å²) >= 11 is 1.62. The molecule has 0 unspecified atom stereocenters. The lowest BCUT2D eigenvalue weighted by molar-refractivity contribution is 0.0642. The van der Waals surface area contributed by atoms with Crippen LogP contribution in [0.2, 0.25) is 0 Å². The monoisotopic (exact) mass is 493 g/mol. The van der Waals surface area contributed by atoms with Crippen molar-refractivity contribution in [1.29, 1.82) is 0 Å². The summed E-state index contributed by atoms with van der Waals surface area (Å²) in [7, 11) is 1.72. The first kappa shape index (κ1) is 25.4. The van der Waals surface area contributed by atoms with Crippen molar-refractivity contribution < 1.29 is 9.53 Å². The molecule has 0 spiro atoms. The van der Waals surface area contributed by atoms with Gasteiger partial charge in [0, 0.05) is 51.0 Å². The molecule has 1 fully saturated rings. The van der Waals surface area contributed by atoms with Crippen LogP contribution >= 0.6 is 11.8 Å². The molecule has 1 atom stereocenters. The number of rotatable bonds is 10. The van der Waals surface area contributed by atoms with E-state index in [-0.39, 0.29) is 11.9 Å². The Morgan fingerprint density at radius 1 is 1.03 bits per heavy atom. The molecule has 0 N–H and O–H groups in total. The highest BCUT2D eigenvalue weighted by molar-refractivity contribution is 7.98. The molecule has 2 aromatic carbocycles. The molecule has 4 rings (SSSR count). The van der Waals surface area contributed by atoms with E-state index in [2.05, 4.69) is 45.6 Å². The first-order chi connectivity index (χ1) is 17.1. The second-order valence-electron chi connectivity index (χ2n) is 8.91. The van der Waals surface area contributed by atoms with E-state index in [1.807, 2.05) is 47.4 Å². The van der Waals surface area contributed by atoms with Crippen LogP contribution in [0.1, 0.15) is 47.2 Å². The molecular weight excluding hydrogens is 458 g/mol. The first-order valence-corrected chi connectivity index (χ1v) is 13.3. The number of benzene rings is 2. The van der Waals surface area contributed by atoms with Crippen LogP contribution < -0.4 is 0 Å². The number of ether oxygens (including phenoxy) is 1. The highest BCUT2D eigenvalue weighted by atomic mass is 32.2. The van der Waals surface area contributed by atoms with Gasteiger partial charge in [-0.2, -0.15) is 0 Å². The van der Waals surface area contributed by atoms with Crippen LogP contribution in [-0.2, 0) is 16.9 Å². The van der Waals surface area contributed by atoms with E-state index in [1.54, 1.807) is 18.9 Å². The van der Waals surface area contributed by atoms with Gasteiger partial charge in [0.05, 0.1) is 12.6 Å². The lowest BCUT2D eigenvalue weighted by Crippen LogP contribution is -2.48. The van der Waals surface area contributed by atoms with Gasteiger partial charge in [-0.1, -0.05) is 67.2 Å². The van der Waals surface area contributed by atoms with Crippen LogP contribution in [0, 0.1) is 0 Å². The third-order valence-electron chi connectivity index (χ3n) is 6.50. The predicted octanol–water partition coefficient (Wildman–Crippen LogP) is 4.15. The Morgan fingerprint density at radius 3 is 2.46 bits per heavy atom. The van der Waals surface area contributed by atoms with E-state index in [0.717, 1.165) is 54.8 Å². The van der Waals surface area contributed by atoms with Gasteiger partial charge in [-0.3, -0.25) is 4.79 Å². The topological polar surface area (TPSA) is 63.5 Å². The molecule has 35 heavy (non-hydrogen) atoms. The van der Waals surface area contributed by atoms with Gasteiger partial charge in [0.15, 0.2) is 5.16 Å². The Balaban J connectivity index is 1.51. The first-order valence-electron chi connectivity index (χ1n) is 12.3. The predicted molar refractivity (Wildman–Crippen MR) is 140 cm³/mol. The Hall–Kier alpha value is -2.68. The van der Waals surface area contributed by atoms with Gasteiger partial charge in [-0.15, -0.1) is 10.2 Å². The maximum atomic E-state index is 13.3. The van der Waals surface area contributed by atoms with E-state index < -0.39 is 0 Å². The fourth-order valence-corrected chi connectivity index (χ4v) is 5.56. The number of nitrogens with zero attached hydrogens (tertiary/aromatic N) is 5. The molecular formula is C27H35N5O2S. The van der Waals surface area contributed by atoms with Gasteiger partial charge in [0.1, 0.15) is 5.82 Å². The zero-order valence-electron chi connectivity index (χ0n) is 20.9. The maximum absolute atomic E-state index is 13.3. The summed E-state index contributed by atoms with van der Waals surface area (Å²) in [5.41, 5.74) is 3.01. The SMILES string of the molecule is CCN1CCN(C(=O)c2ccccc2CSc2nnc(Cc3ccccc3)n2[C@@H](C)COC)CC1. The van der Waals surface area contributed by atoms with Crippen LogP contribution in [0.5, 0.6) is 0 Å². The van der Waals surface area contributed by atoms with E-state index in [0.29, 0.717) is 18.8 Å². The van der Waals surface area contributed by atoms with Crippen LogP contribution in [-0.4, -0.2) is 76.9 Å². The van der Waals surface area contributed by atoms with Crippen molar-refractivity contribution in [2.24, 2.45) is 0 Å². The summed E-state index contributed by atoms with van der Waals surface area (Å²) in [5.74, 6) is 1.69. The Kier molecular flexibility index (Phi) is 8.95. The Morgan fingerprint density at radius 2 is 1.74 bits per heavy atom. The number of likely N-dealkylation sites (N-methyl/N-ethyl adjacent to an activating group) is 1. The summed E-state index contributed by atoms with van der Waals surface area (Å²) in [6.07, 6.45) is 0.710. The number of amides is 1. The second-order valence-corrected chi connectivity index (χ2v) is 9.85. The van der Waals surface area contributed by atoms with E-state index in [9.17, 15) is 4.79 Å². The van der Waals surface area contributed by atoms with E-state index in [1.165, 1.54) is 5.56 Å². The van der Waals surface area contributed by atoms with Gasteiger partial charge >= 0.3 is 0 Å². The average molecular weight is 494 g/mol. The standard InChI is InChI=1S/C27H35N5O2S/c1-4-30-14-16-31(17-15-30)26(33)24-13-9-8-12-23(24)20-35-27-29-28-25(32(27)21(2)19-34-3)18-22-10-6-5-7-11-22/h5-13,21H,4,14-20H2,1-3H3/t21-/m0/s1. The van der Waals surface area contributed by atoms with Crippen LogP contribution in [0.4, 0.5) is 0 Å². The molecule has 8 heteroatoms. The van der Waals surface area contributed by atoms with Crippen molar-refractivity contribution in [1.82, 2.24) is 24.6 Å². The zero-order valence-corrected chi connectivity index (χ0v) is 21.7. The van der Waals surface area contributed by atoms with Crippen LogP contribution in [0.3, 0.4) is 0 Å². The minimum absolute atomic E-state index is 0.1000. The molecule has 2 heterocycles. The summed E-state index contributed by atoms with van der Waals surface area (Å²) < 4.78 is 7.62. The number of methoxy groups -OCH3 is 1. The molecule has 0 radical (unpaired) electrons. The molecule has 0 saturated carbocycles. The number of piperazine rings is 1. The lowest BCUT2D eigenvalue weighted by Gasteiger charge is -2.34. The molecule has 1 saturated heterocycles. The van der Waals surface area contributed by atoms with Crippen molar-refractivity contribution in [3.05, 3.63) is 77.1 Å². The number of thioether (sulfide) groups is 1. The van der Waals surface area contributed by atoms with Crippen molar-refractivity contribution in [3.8, 4) is 0 Å². The van der Waals surface area contributed by atoms with Crippen molar-refractivity contribution in [2.75, 3.05) is 46.4 Å². The summed E-state index contributed by atoms with van der Waals surface area (Å²) in [4.78, 5) is 17.7. The molecule has 0 bridgehead atoms. The summed E-state index contributed by atoms with van der Waals surface area (Å²) in [6, 6.07) is 18.4. The average Bonchev–Trinajstić information content (AvgIpc) is 3.30. The van der Waals surface area contributed by atoms with E-state index >= 15 is 0 Å². The third-order valence-corrected chi connectivity index (χ3v) is 7.49. The smallest absolute Gasteiger partial charge is 0.254 e. The van der Waals surface area contributed by atoms with Crippen molar-refractivity contribution in [3.63, 3.8) is 0 Å². The third kappa shape index (κ3) is 6.31. The van der Waals surface area contributed by atoms with Crippen LogP contribution in [0.15, 0.2) is 59.8 Å². The number of hydrogen-bond donors (Lipinski definition) is 0. The van der Waals surface area contributed by atoms with Crippen molar-refractivity contribution >= 4 is 17.7 Å². The van der Waals surface area contributed by atoms with Gasteiger partial charge < -0.3 is 19.1 Å². The molecule has 7 nitrogen and oxygen atoms in total. The normalized spacial score (nSPS) is 15.3. The maximum Gasteiger partial charge on any atom is 0.254 e. The molecule has 0 aliphatic carbocycles. The molecule has 1 aliphatic heterocycles. The van der Waals surface area contributed by atoms with Crippen LogP contribution in [0.25, 0.3) is 0 Å². The zero-order chi connectivity index (χ0) is 24.6. The Bertz CT molecular complexity index is 1100. The fourth-order valence-electron chi connectivity index (χ4n) is 4.50. The second kappa shape index (κ2) is 12.3. The molecule has 1 amide bonds. The minimum atomic E-state index is 0.1000. The fraction of sp³-hybridized carbons (Fsp3) is 0.444. The van der Waals surface area contributed by atoms with Gasteiger partial charge in [0.2, 0.25) is 0 Å². The van der Waals surface area contributed by atoms with Crippen molar-refractivity contribution in [2.45, 2.75) is 37.2 Å². The number of carbonyl (C=O) groups excluding carboxylic acids is 1. The van der Waals surface area contributed by atoms with Gasteiger partial charge in [0.25, 0.3) is 5.91 Å². The molecule has 3 aromatic rings.